The van der Waals surface area contributed by atoms with E-state index in [0.29, 0.717) is 0 Å². The third kappa shape index (κ3) is 6.43. The molecule has 0 aromatic carbocycles. The fourth-order valence-electron chi connectivity index (χ4n) is 0.250. The van der Waals surface area contributed by atoms with Gasteiger partial charge < -0.3 is 0 Å². The Morgan fingerprint density at radius 3 is 1.50 bits per heavy atom. The first-order chi connectivity index (χ1) is 5.75. The van der Waals surface area contributed by atoms with Gasteiger partial charge in [0.25, 0.3) is 0 Å². The molecule has 50 valence electrons. The molecule has 0 aliphatic rings. The van der Waals surface area contributed by atoms with Crippen molar-refractivity contribution in [1.82, 2.24) is 0 Å². The van der Waals surface area contributed by atoms with E-state index >= 15 is 0 Å². The van der Waals surface area contributed by atoms with Gasteiger partial charge in [-0.05, 0) is 0 Å². The van der Waals surface area contributed by atoms with Gasteiger partial charge in [0.1, 0.15) is 0 Å². The summed E-state index contributed by atoms with van der Waals surface area (Å²) in [6.07, 6.45) is 0. The SMILES string of the molecule is [2H]C([2H])(C([2H])([2H])[Si]([2H])(C)C)[Si]([2H])(C)C. The molecular weight excluding hydrogens is 128 g/mol. The molecule has 0 fully saturated rings. The van der Waals surface area contributed by atoms with E-state index in [-0.39, 0.29) is 0 Å². The first-order valence-electron chi connectivity index (χ1n) is 5.75. The number of rotatable bonds is 3. The van der Waals surface area contributed by atoms with Crippen molar-refractivity contribution < 1.29 is 5.48 Å². The van der Waals surface area contributed by atoms with Gasteiger partial charge in [0.15, 0.2) is 0 Å². The van der Waals surface area contributed by atoms with Gasteiger partial charge in [-0.3, -0.25) is 0 Å². The van der Waals surface area contributed by atoms with Crippen LogP contribution in [0.3, 0.4) is 0 Å². The number of hydrogen-bond donors (Lipinski definition) is 0. The molecule has 0 atom stereocenters. The molecule has 0 spiro atoms. The van der Waals surface area contributed by atoms with E-state index in [1.807, 2.05) is 0 Å². The van der Waals surface area contributed by atoms with Gasteiger partial charge in [0.05, 0.1) is 0 Å². The van der Waals surface area contributed by atoms with Gasteiger partial charge in [-0.25, -0.2) is 0 Å². The van der Waals surface area contributed by atoms with Crippen molar-refractivity contribution in [2.24, 2.45) is 0 Å². The van der Waals surface area contributed by atoms with Crippen LogP contribution >= 0.6 is 0 Å². The van der Waals surface area contributed by atoms with E-state index in [2.05, 4.69) is 0 Å². The first kappa shape index (κ1) is 2.58. The summed E-state index contributed by atoms with van der Waals surface area (Å²) < 4.78 is 46.3. The Morgan fingerprint density at radius 1 is 1.12 bits per heavy atom. The topological polar surface area (TPSA) is 0 Å². The summed E-state index contributed by atoms with van der Waals surface area (Å²) in [7, 11) is -6.01. The minimum Gasteiger partial charge on any atom is -0.0722 e. The molecule has 0 rings (SSSR count). The van der Waals surface area contributed by atoms with Crippen molar-refractivity contribution >= 4 is 17.5 Å². The lowest BCUT2D eigenvalue weighted by Gasteiger charge is -2.03. The Bertz CT molecular complexity index is 189. The Hall–Kier alpha value is 0.434. The minimum absolute atomic E-state index is 1.48. The molecule has 0 radical (unpaired) electrons. The van der Waals surface area contributed by atoms with Crippen LogP contribution in [0.15, 0.2) is 0 Å². The molecule has 0 saturated carbocycles. The van der Waals surface area contributed by atoms with Crippen molar-refractivity contribution in [3.8, 4) is 0 Å². The molecule has 0 bridgehead atoms. The largest absolute Gasteiger partial charge is 0.0722 e. The zero-order chi connectivity index (χ0) is 12.0. The molecule has 0 amide bonds. The Balaban J connectivity index is 5.30. The van der Waals surface area contributed by atoms with Gasteiger partial charge in [0.2, 0.25) is 0 Å². The van der Waals surface area contributed by atoms with Crippen LogP contribution in [0.25, 0.3) is 0 Å². The highest BCUT2D eigenvalue weighted by Gasteiger charge is 1.98. The monoisotopic (exact) mass is 152 g/mol. The summed E-state index contributed by atoms with van der Waals surface area (Å²) >= 11 is 0. The van der Waals surface area contributed by atoms with Crippen LogP contribution in [-0.2, 0) is 0 Å². The first-order valence-corrected chi connectivity index (χ1v) is 7.75. The average molecular weight is 152 g/mol. The Morgan fingerprint density at radius 2 is 1.38 bits per heavy atom. The molecule has 0 aromatic heterocycles. The molecule has 0 aliphatic carbocycles. The van der Waals surface area contributed by atoms with Crippen molar-refractivity contribution in [2.75, 3.05) is 0 Å². The smallest absolute Gasteiger partial charge is 0.0302 e. The van der Waals surface area contributed by atoms with E-state index in [1.54, 1.807) is 0 Å². The maximum Gasteiger partial charge on any atom is 0.0302 e. The van der Waals surface area contributed by atoms with E-state index in [9.17, 15) is 0 Å². The highest BCUT2D eigenvalue weighted by Crippen LogP contribution is 2.01. The predicted molar refractivity (Wildman–Crippen MR) is 47.4 cm³/mol. The molecule has 0 saturated heterocycles. The highest BCUT2D eigenvalue weighted by molar-refractivity contribution is 6.61. The van der Waals surface area contributed by atoms with Crippen molar-refractivity contribution in [1.29, 1.82) is 2.47 Å². The second-order valence-corrected chi connectivity index (χ2v) is 6.75. The standard InChI is InChI=1S/C6H18Si2/c1-7(2)5-6-8(3)4/h7-8H,5-6H2,1-4H3/i5D2,6D2,7D,8D. The maximum atomic E-state index is 7.73. The predicted octanol–water partition coefficient (Wildman–Crippen LogP) is 1.96. The highest BCUT2D eigenvalue weighted by atomic mass is 28.3. The zero-order valence-corrected chi connectivity index (χ0v) is 8.00. The van der Waals surface area contributed by atoms with Gasteiger partial charge >= 0.3 is 0 Å². The van der Waals surface area contributed by atoms with Crippen LogP contribution in [0.4, 0.5) is 0 Å². The van der Waals surface area contributed by atoms with Gasteiger partial charge in [-0.1, -0.05) is 38.2 Å². The quantitative estimate of drug-likeness (QED) is 0.542. The van der Waals surface area contributed by atoms with Crippen LogP contribution in [0.2, 0.25) is 38.2 Å². The zero-order valence-electron chi connectivity index (χ0n) is 12.0. The second kappa shape index (κ2) is 4.33. The number of hydrogen-bond acceptors (Lipinski definition) is 0. The van der Waals surface area contributed by atoms with Crippen LogP contribution in [0.5, 0.6) is 0 Å². The molecule has 0 heterocycles. The summed E-state index contributed by atoms with van der Waals surface area (Å²) in [5, 5.41) is 0. The molecular formula is C6H18Si2. The van der Waals surface area contributed by atoms with Crippen LogP contribution < -0.4 is 0 Å². The van der Waals surface area contributed by atoms with Crippen LogP contribution in [-0.4, -0.2) is 19.9 Å². The van der Waals surface area contributed by atoms with Gasteiger partial charge in [-0.15, -0.1) is 0 Å². The lowest BCUT2D eigenvalue weighted by Crippen LogP contribution is -2.05. The fraction of sp³-hybridized carbons (Fsp3) is 1.00. The Labute approximate surface area is 64.6 Å². The fourth-order valence-corrected chi connectivity index (χ4v) is 2.25. The molecule has 0 aliphatic heterocycles. The minimum atomic E-state index is -3.01. The molecule has 2 heteroatoms. The summed E-state index contributed by atoms with van der Waals surface area (Å²) in [5.74, 6) is -4.34. The second-order valence-electron chi connectivity index (χ2n) is 2.25. The van der Waals surface area contributed by atoms with E-state index < -0.39 is 29.5 Å². The molecule has 0 aromatic rings. The van der Waals surface area contributed by atoms with Crippen molar-refractivity contribution in [3.05, 3.63) is 0 Å². The van der Waals surface area contributed by atoms with E-state index in [0.717, 1.165) is 0 Å². The van der Waals surface area contributed by atoms with Gasteiger partial charge in [0, 0.05) is 25.4 Å². The summed E-state index contributed by atoms with van der Waals surface area (Å²) in [6, 6.07) is 0. The lowest BCUT2D eigenvalue weighted by molar-refractivity contribution is 1.35. The average Bonchev–Trinajstić information content (AvgIpc) is 1.81. The van der Waals surface area contributed by atoms with Crippen LogP contribution in [0, 0.1) is 0 Å². The lowest BCUT2D eigenvalue weighted by atomic mass is 10.9. The molecule has 0 N–H and O–H groups in total. The normalized spacial score (nSPS) is 28.5. The Kier molecular flexibility index (Phi) is 1.40. The summed E-state index contributed by atoms with van der Waals surface area (Å²) in [6.45, 7) is 5.91. The summed E-state index contributed by atoms with van der Waals surface area (Å²) in [5.41, 5.74) is 0. The molecule has 0 unspecified atom stereocenters. The van der Waals surface area contributed by atoms with E-state index in [4.69, 9.17) is 7.95 Å². The maximum absolute atomic E-state index is 7.73. The molecule has 0 nitrogen and oxygen atoms in total. The van der Waals surface area contributed by atoms with Crippen molar-refractivity contribution in [3.63, 3.8) is 0 Å². The summed E-state index contributed by atoms with van der Waals surface area (Å²) in [4.78, 5) is 0. The third-order valence-corrected chi connectivity index (χ3v) is 2.06. The molecule has 8 heavy (non-hydrogen) atoms. The van der Waals surface area contributed by atoms with E-state index in [1.165, 1.54) is 26.2 Å². The van der Waals surface area contributed by atoms with Gasteiger partial charge in [-0.2, -0.15) is 0 Å². The van der Waals surface area contributed by atoms with Crippen LogP contribution in [0.1, 0.15) is 5.48 Å². The van der Waals surface area contributed by atoms with Crippen molar-refractivity contribution in [2.45, 2.75) is 38.2 Å². The third-order valence-electron chi connectivity index (χ3n) is 0.562.